The number of hydrogen-bond donors (Lipinski definition) is 2. The lowest BCUT2D eigenvalue weighted by atomic mass is 10.1. The van der Waals surface area contributed by atoms with Gasteiger partial charge in [0.2, 0.25) is 0 Å². The van der Waals surface area contributed by atoms with Crippen molar-refractivity contribution >= 4 is 5.69 Å². The molecule has 1 unspecified atom stereocenters. The first kappa shape index (κ1) is 9.95. The molecule has 0 bridgehead atoms. The van der Waals surface area contributed by atoms with Crippen LogP contribution >= 0.6 is 0 Å². The third kappa shape index (κ3) is 2.40. The molecule has 0 saturated carbocycles. The molecule has 3 nitrogen and oxygen atoms in total. The minimum Gasteiger partial charge on any atom is -0.398 e. The Kier molecular flexibility index (Phi) is 3.22. The number of halogens is 1. The summed E-state index contributed by atoms with van der Waals surface area (Å²) in [6.07, 6.45) is -0.874. The van der Waals surface area contributed by atoms with E-state index in [1.165, 1.54) is 25.3 Å². The standard InChI is InChI=1S/C9H12FNO2/c1-13-5-9(12)7-4-6(10)2-3-8(7)11/h2-4,9,12H,5,11H2,1H3. The molecule has 0 amide bonds. The van der Waals surface area contributed by atoms with Crippen LogP contribution in [-0.2, 0) is 4.74 Å². The van der Waals surface area contributed by atoms with E-state index in [0.29, 0.717) is 11.3 Å². The number of aliphatic hydroxyl groups excluding tert-OH is 1. The third-order valence-electron chi connectivity index (χ3n) is 1.73. The first-order valence-electron chi connectivity index (χ1n) is 3.87. The molecule has 1 rings (SSSR count). The zero-order valence-electron chi connectivity index (χ0n) is 7.33. The Labute approximate surface area is 75.9 Å². The molecule has 0 aliphatic carbocycles. The van der Waals surface area contributed by atoms with Crippen molar-refractivity contribution in [2.75, 3.05) is 19.5 Å². The van der Waals surface area contributed by atoms with Crippen molar-refractivity contribution in [2.24, 2.45) is 0 Å². The molecule has 0 aromatic heterocycles. The zero-order valence-corrected chi connectivity index (χ0v) is 7.33. The molecule has 13 heavy (non-hydrogen) atoms. The van der Waals surface area contributed by atoms with Crippen LogP contribution in [0.2, 0.25) is 0 Å². The first-order chi connectivity index (χ1) is 6.15. The number of nitrogen functional groups attached to an aromatic ring is 1. The quantitative estimate of drug-likeness (QED) is 0.693. The molecule has 1 atom stereocenters. The average molecular weight is 185 g/mol. The molecule has 4 heteroatoms. The van der Waals surface area contributed by atoms with Crippen LogP contribution in [0.4, 0.5) is 10.1 Å². The summed E-state index contributed by atoms with van der Waals surface area (Å²) in [6, 6.07) is 3.88. The number of methoxy groups -OCH3 is 1. The third-order valence-corrected chi connectivity index (χ3v) is 1.73. The van der Waals surface area contributed by atoms with Crippen LogP contribution in [0.1, 0.15) is 11.7 Å². The van der Waals surface area contributed by atoms with Gasteiger partial charge in [-0.05, 0) is 18.2 Å². The lowest BCUT2D eigenvalue weighted by Gasteiger charge is -2.12. The van der Waals surface area contributed by atoms with Gasteiger partial charge in [0.05, 0.1) is 6.61 Å². The zero-order chi connectivity index (χ0) is 9.84. The second kappa shape index (κ2) is 4.20. The van der Waals surface area contributed by atoms with Gasteiger partial charge < -0.3 is 15.6 Å². The number of aliphatic hydroxyl groups is 1. The summed E-state index contributed by atoms with van der Waals surface area (Å²) in [4.78, 5) is 0. The van der Waals surface area contributed by atoms with Gasteiger partial charge in [-0.3, -0.25) is 0 Å². The van der Waals surface area contributed by atoms with Crippen molar-refractivity contribution in [2.45, 2.75) is 6.10 Å². The van der Waals surface area contributed by atoms with Gasteiger partial charge in [-0.1, -0.05) is 0 Å². The van der Waals surface area contributed by atoms with Crippen LogP contribution in [0.15, 0.2) is 18.2 Å². The van der Waals surface area contributed by atoms with Gasteiger partial charge in [0.1, 0.15) is 11.9 Å². The fourth-order valence-corrected chi connectivity index (χ4v) is 1.08. The summed E-state index contributed by atoms with van der Waals surface area (Å²) in [6.45, 7) is 0.105. The SMILES string of the molecule is COCC(O)c1cc(F)ccc1N. The molecular weight excluding hydrogens is 173 g/mol. The van der Waals surface area contributed by atoms with Gasteiger partial charge in [-0.15, -0.1) is 0 Å². The van der Waals surface area contributed by atoms with Crippen molar-refractivity contribution in [1.82, 2.24) is 0 Å². The monoisotopic (exact) mass is 185 g/mol. The Morgan fingerprint density at radius 1 is 1.62 bits per heavy atom. The topological polar surface area (TPSA) is 55.5 Å². The maximum Gasteiger partial charge on any atom is 0.123 e. The smallest absolute Gasteiger partial charge is 0.123 e. The molecule has 0 fully saturated rings. The number of ether oxygens (including phenoxy) is 1. The second-order valence-electron chi connectivity index (χ2n) is 2.74. The van der Waals surface area contributed by atoms with Gasteiger partial charge in [-0.2, -0.15) is 0 Å². The predicted octanol–water partition coefficient (Wildman–Crippen LogP) is 1.09. The number of hydrogen-bond acceptors (Lipinski definition) is 3. The molecule has 0 spiro atoms. The Hall–Kier alpha value is -1.13. The lowest BCUT2D eigenvalue weighted by molar-refractivity contribution is 0.0646. The van der Waals surface area contributed by atoms with Crippen LogP contribution in [0.5, 0.6) is 0 Å². The minimum absolute atomic E-state index is 0.105. The van der Waals surface area contributed by atoms with Gasteiger partial charge in [0, 0.05) is 18.4 Å². The summed E-state index contributed by atoms with van der Waals surface area (Å²) in [5, 5.41) is 9.45. The van der Waals surface area contributed by atoms with Crippen LogP contribution in [0, 0.1) is 5.82 Å². The molecule has 0 aliphatic heterocycles. The average Bonchev–Trinajstić information content (AvgIpc) is 2.09. The van der Waals surface area contributed by atoms with Crippen molar-refractivity contribution in [1.29, 1.82) is 0 Å². The van der Waals surface area contributed by atoms with Crippen LogP contribution in [-0.4, -0.2) is 18.8 Å². The van der Waals surface area contributed by atoms with Crippen molar-refractivity contribution in [3.05, 3.63) is 29.6 Å². The summed E-state index contributed by atoms with van der Waals surface area (Å²) in [7, 11) is 1.46. The fourth-order valence-electron chi connectivity index (χ4n) is 1.08. The Balaban J connectivity index is 2.91. The van der Waals surface area contributed by atoms with Gasteiger partial charge in [0.25, 0.3) is 0 Å². The Morgan fingerprint density at radius 3 is 2.92 bits per heavy atom. The highest BCUT2D eigenvalue weighted by atomic mass is 19.1. The highest BCUT2D eigenvalue weighted by Gasteiger charge is 2.11. The number of anilines is 1. The molecule has 72 valence electrons. The first-order valence-corrected chi connectivity index (χ1v) is 3.87. The Morgan fingerprint density at radius 2 is 2.31 bits per heavy atom. The maximum absolute atomic E-state index is 12.7. The van der Waals surface area contributed by atoms with Crippen LogP contribution in [0.3, 0.4) is 0 Å². The molecule has 3 N–H and O–H groups in total. The van der Waals surface area contributed by atoms with Crippen LogP contribution in [0.25, 0.3) is 0 Å². The molecule has 0 saturated heterocycles. The van der Waals surface area contributed by atoms with E-state index in [4.69, 9.17) is 10.5 Å². The van der Waals surface area contributed by atoms with E-state index in [9.17, 15) is 9.50 Å². The van der Waals surface area contributed by atoms with E-state index in [-0.39, 0.29) is 6.61 Å². The fraction of sp³-hybridized carbons (Fsp3) is 0.333. The van der Waals surface area contributed by atoms with E-state index in [0.717, 1.165) is 0 Å². The van der Waals surface area contributed by atoms with E-state index >= 15 is 0 Å². The van der Waals surface area contributed by atoms with E-state index in [2.05, 4.69) is 0 Å². The Bertz CT molecular complexity index is 291. The number of rotatable bonds is 3. The minimum atomic E-state index is -0.874. The van der Waals surface area contributed by atoms with E-state index < -0.39 is 11.9 Å². The highest BCUT2D eigenvalue weighted by Crippen LogP contribution is 2.21. The summed E-state index contributed by atoms with van der Waals surface area (Å²) < 4.78 is 17.5. The van der Waals surface area contributed by atoms with Gasteiger partial charge in [-0.25, -0.2) is 4.39 Å². The van der Waals surface area contributed by atoms with E-state index in [1.807, 2.05) is 0 Å². The summed E-state index contributed by atoms with van der Waals surface area (Å²) in [5.41, 5.74) is 6.27. The van der Waals surface area contributed by atoms with Gasteiger partial charge >= 0.3 is 0 Å². The summed E-state index contributed by atoms with van der Waals surface area (Å²) >= 11 is 0. The van der Waals surface area contributed by atoms with Crippen molar-refractivity contribution < 1.29 is 14.2 Å². The molecule has 1 aromatic carbocycles. The molecule has 0 aliphatic rings. The van der Waals surface area contributed by atoms with E-state index in [1.54, 1.807) is 0 Å². The maximum atomic E-state index is 12.7. The number of nitrogens with two attached hydrogens (primary N) is 1. The van der Waals surface area contributed by atoms with Gasteiger partial charge in [0.15, 0.2) is 0 Å². The predicted molar refractivity (Wildman–Crippen MR) is 47.6 cm³/mol. The second-order valence-corrected chi connectivity index (χ2v) is 2.74. The molecule has 0 heterocycles. The number of benzene rings is 1. The lowest BCUT2D eigenvalue weighted by Crippen LogP contribution is -2.08. The highest BCUT2D eigenvalue weighted by molar-refractivity contribution is 5.47. The van der Waals surface area contributed by atoms with Crippen LogP contribution < -0.4 is 5.73 Å². The molecule has 1 aromatic rings. The molecular formula is C9H12FNO2. The van der Waals surface area contributed by atoms with Crippen molar-refractivity contribution in [3.63, 3.8) is 0 Å². The largest absolute Gasteiger partial charge is 0.398 e. The summed E-state index contributed by atoms with van der Waals surface area (Å²) in [5.74, 6) is -0.417. The normalized spacial score (nSPS) is 12.8. The molecule has 0 radical (unpaired) electrons. The van der Waals surface area contributed by atoms with Crippen molar-refractivity contribution in [3.8, 4) is 0 Å².